The van der Waals surface area contributed by atoms with Gasteiger partial charge < -0.3 is 16.2 Å². The van der Waals surface area contributed by atoms with Crippen molar-refractivity contribution in [1.29, 1.82) is 0 Å². The first kappa shape index (κ1) is 14.7. The van der Waals surface area contributed by atoms with E-state index in [0.717, 1.165) is 12.7 Å². The fourth-order valence-corrected chi connectivity index (χ4v) is 1.51. The van der Waals surface area contributed by atoms with Crippen molar-refractivity contribution in [3.8, 4) is 0 Å². The average molecular weight is 258 g/mol. The van der Waals surface area contributed by atoms with E-state index in [-0.39, 0.29) is 5.91 Å². The highest BCUT2D eigenvalue weighted by atomic mass is 16.2. The Hall–Kier alpha value is -2.33. The molecule has 0 aliphatic carbocycles. The second-order valence-electron chi connectivity index (χ2n) is 3.91. The highest BCUT2D eigenvalue weighted by Gasteiger charge is 2.06. The topological polar surface area (TPSA) is 75.3 Å². The zero-order valence-electron chi connectivity index (χ0n) is 11.1. The zero-order valence-corrected chi connectivity index (χ0v) is 11.1. The molecule has 2 aromatic rings. The molecule has 0 heterocycles. The van der Waals surface area contributed by atoms with Gasteiger partial charge in [0.05, 0.1) is 11.4 Å². The standard InChI is InChI=1S/C14H14N2O.CH4O/c1-10-6-8-11(9-7-10)14(17)16-13-5-3-2-4-12(13)15;1-2/h2-9H,15H2,1H3,(H,16,17);2H,1H3. The molecule has 4 nitrogen and oxygen atoms in total. The second kappa shape index (κ2) is 7.18. The first-order chi connectivity index (χ1) is 9.16. The minimum Gasteiger partial charge on any atom is -0.400 e. The van der Waals surface area contributed by atoms with Crippen molar-refractivity contribution in [2.45, 2.75) is 6.92 Å². The van der Waals surface area contributed by atoms with Gasteiger partial charge in [-0.1, -0.05) is 29.8 Å². The lowest BCUT2D eigenvalue weighted by atomic mass is 10.1. The van der Waals surface area contributed by atoms with Crippen LogP contribution in [0.3, 0.4) is 0 Å². The number of para-hydroxylation sites is 2. The van der Waals surface area contributed by atoms with Gasteiger partial charge >= 0.3 is 0 Å². The summed E-state index contributed by atoms with van der Waals surface area (Å²) >= 11 is 0. The molecule has 0 bridgehead atoms. The molecule has 0 fully saturated rings. The lowest BCUT2D eigenvalue weighted by Gasteiger charge is -2.07. The fraction of sp³-hybridized carbons (Fsp3) is 0.133. The summed E-state index contributed by atoms with van der Waals surface area (Å²) in [6, 6.07) is 14.6. The summed E-state index contributed by atoms with van der Waals surface area (Å²) in [5.41, 5.74) is 8.71. The smallest absolute Gasteiger partial charge is 0.255 e. The van der Waals surface area contributed by atoms with Gasteiger partial charge in [0.1, 0.15) is 0 Å². The fourth-order valence-electron chi connectivity index (χ4n) is 1.51. The summed E-state index contributed by atoms with van der Waals surface area (Å²) < 4.78 is 0. The largest absolute Gasteiger partial charge is 0.400 e. The molecule has 0 atom stereocenters. The highest BCUT2D eigenvalue weighted by Crippen LogP contribution is 2.17. The zero-order chi connectivity index (χ0) is 14.3. The van der Waals surface area contributed by atoms with E-state index in [0.29, 0.717) is 16.9 Å². The molecular weight excluding hydrogens is 240 g/mol. The van der Waals surface area contributed by atoms with Crippen molar-refractivity contribution in [2.75, 3.05) is 18.2 Å². The van der Waals surface area contributed by atoms with Crippen molar-refractivity contribution in [2.24, 2.45) is 0 Å². The van der Waals surface area contributed by atoms with Gasteiger partial charge in [0.2, 0.25) is 0 Å². The molecule has 0 radical (unpaired) electrons. The van der Waals surface area contributed by atoms with E-state index < -0.39 is 0 Å². The molecule has 100 valence electrons. The molecule has 0 aliphatic rings. The number of hydrogen-bond donors (Lipinski definition) is 3. The highest BCUT2D eigenvalue weighted by molar-refractivity contribution is 6.05. The Bertz CT molecular complexity index is 536. The Balaban J connectivity index is 0.000000861. The van der Waals surface area contributed by atoms with Gasteiger partial charge in [0, 0.05) is 12.7 Å². The summed E-state index contributed by atoms with van der Waals surface area (Å²) in [7, 11) is 1.00. The van der Waals surface area contributed by atoms with E-state index in [9.17, 15) is 4.79 Å². The molecule has 0 saturated carbocycles. The number of aliphatic hydroxyl groups excluding tert-OH is 1. The van der Waals surface area contributed by atoms with Crippen LogP contribution in [0.5, 0.6) is 0 Å². The third-order valence-electron chi connectivity index (χ3n) is 2.52. The molecule has 0 unspecified atom stereocenters. The number of carbonyl (C=O) groups excluding carboxylic acids is 1. The number of aliphatic hydroxyl groups is 1. The van der Waals surface area contributed by atoms with Crippen LogP contribution in [0.25, 0.3) is 0 Å². The predicted octanol–water partition coefficient (Wildman–Crippen LogP) is 2.44. The number of nitrogens with one attached hydrogen (secondary N) is 1. The van der Waals surface area contributed by atoms with Crippen LogP contribution in [0.4, 0.5) is 11.4 Å². The van der Waals surface area contributed by atoms with E-state index in [1.807, 2.05) is 31.2 Å². The molecule has 0 spiro atoms. The lowest BCUT2D eigenvalue weighted by molar-refractivity contribution is 0.102. The predicted molar refractivity (Wildman–Crippen MR) is 78.1 cm³/mol. The van der Waals surface area contributed by atoms with E-state index in [1.54, 1.807) is 24.3 Å². The Labute approximate surface area is 112 Å². The number of hydrogen-bond acceptors (Lipinski definition) is 3. The maximum Gasteiger partial charge on any atom is 0.255 e. The number of aryl methyl sites for hydroxylation is 1. The molecule has 0 aromatic heterocycles. The molecule has 4 N–H and O–H groups in total. The third kappa shape index (κ3) is 4.12. The summed E-state index contributed by atoms with van der Waals surface area (Å²) in [6.45, 7) is 1.98. The van der Waals surface area contributed by atoms with Gasteiger partial charge in [0.25, 0.3) is 5.91 Å². The number of amides is 1. The van der Waals surface area contributed by atoms with E-state index >= 15 is 0 Å². The van der Waals surface area contributed by atoms with Crippen molar-refractivity contribution < 1.29 is 9.90 Å². The molecule has 2 rings (SSSR count). The Morgan fingerprint density at radius 3 is 2.21 bits per heavy atom. The molecule has 19 heavy (non-hydrogen) atoms. The number of rotatable bonds is 2. The first-order valence-electron chi connectivity index (χ1n) is 5.84. The number of carbonyl (C=O) groups is 1. The molecule has 2 aromatic carbocycles. The van der Waals surface area contributed by atoms with Crippen molar-refractivity contribution in [3.05, 3.63) is 59.7 Å². The van der Waals surface area contributed by atoms with E-state index in [4.69, 9.17) is 10.8 Å². The van der Waals surface area contributed by atoms with Gasteiger partial charge in [-0.3, -0.25) is 4.79 Å². The van der Waals surface area contributed by atoms with Gasteiger partial charge in [-0.05, 0) is 31.2 Å². The maximum atomic E-state index is 11.9. The quantitative estimate of drug-likeness (QED) is 0.724. The summed E-state index contributed by atoms with van der Waals surface area (Å²) in [5, 5.41) is 9.78. The number of benzene rings is 2. The lowest BCUT2D eigenvalue weighted by Crippen LogP contribution is -2.12. The molecule has 0 aliphatic heterocycles. The van der Waals surface area contributed by atoms with Crippen LogP contribution in [0.2, 0.25) is 0 Å². The normalized spacial score (nSPS) is 9.21. The summed E-state index contributed by atoms with van der Waals surface area (Å²) in [6.07, 6.45) is 0. The third-order valence-corrected chi connectivity index (χ3v) is 2.52. The minimum absolute atomic E-state index is 0.150. The monoisotopic (exact) mass is 258 g/mol. The van der Waals surface area contributed by atoms with E-state index in [2.05, 4.69) is 5.32 Å². The van der Waals surface area contributed by atoms with Crippen LogP contribution in [0.1, 0.15) is 15.9 Å². The van der Waals surface area contributed by atoms with Gasteiger partial charge in [-0.2, -0.15) is 0 Å². The second-order valence-corrected chi connectivity index (χ2v) is 3.91. The SMILES string of the molecule is CO.Cc1ccc(C(=O)Nc2ccccc2N)cc1. The van der Waals surface area contributed by atoms with Crippen LogP contribution in [-0.2, 0) is 0 Å². The molecule has 1 amide bonds. The summed E-state index contributed by atoms with van der Waals surface area (Å²) in [4.78, 5) is 11.9. The molecule has 0 saturated heterocycles. The van der Waals surface area contributed by atoms with Gasteiger partial charge in [-0.15, -0.1) is 0 Å². The van der Waals surface area contributed by atoms with Crippen LogP contribution in [0.15, 0.2) is 48.5 Å². The van der Waals surface area contributed by atoms with Crippen LogP contribution < -0.4 is 11.1 Å². The minimum atomic E-state index is -0.150. The number of nitrogen functional groups attached to an aromatic ring is 1. The van der Waals surface area contributed by atoms with Crippen molar-refractivity contribution in [1.82, 2.24) is 0 Å². The van der Waals surface area contributed by atoms with E-state index in [1.165, 1.54) is 0 Å². The Kier molecular flexibility index (Phi) is 5.57. The Morgan fingerprint density at radius 1 is 1.05 bits per heavy atom. The molecule has 4 heteroatoms. The van der Waals surface area contributed by atoms with Gasteiger partial charge in [0.15, 0.2) is 0 Å². The van der Waals surface area contributed by atoms with Gasteiger partial charge in [-0.25, -0.2) is 0 Å². The average Bonchev–Trinajstić information content (AvgIpc) is 2.44. The molecular formula is C15H18N2O2. The van der Waals surface area contributed by atoms with Crippen molar-refractivity contribution in [3.63, 3.8) is 0 Å². The first-order valence-corrected chi connectivity index (χ1v) is 5.84. The van der Waals surface area contributed by atoms with Crippen LogP contribution in [-0.4, -0.2) is 18.1 Å². The number of anilines is 2. The van der Waals surface area contributed by atoms with Crippen molar-refractivity contribution >= 4 is 17.3 Å². The number of nitrogens with two attached hydrogens (primary N) is 1. The maximum absolute atomic E-state index is 11.9. The van der Waals surface area contributed by atoms with Crippen LogP contribution >= 0.6 is 0 Å². The van der Waals surface area contributed by atoms with Crippen LogP contribution in [0, 0.1) is 6.92 Å². The summed E-state index contributed by atoms with van der Waals surface area (Å²) in [5.74, 6) is -0.150. The Morgan fingerprint density at radius 2 is 1.63 bits per heavy atom.